The van der Waals surface area contributed by atoms with Gasteiger partial charge in [0, 0.05) is 0 Å². The Morgan fingerprint density at radius 1 is 1.16 bits per heavy atom. The van der Waals surface area contributed by atoms with E-state index in [2.05, 4.69) is 6.58 Å². The highest BCUT2D eigenvalue weighted by Gasteiger charge is 2.36. The third-order valence-electron chi connectivity index (χ3n) is 4.15. The number of hydrogen-bond acceptors (Lipinski definition) is 5. The second kappa shape index (κ2) is 9.57. The smallest absolute Gasteiger partial charge is 0.416 e. The lowest BCUT2D eigenvalue weighted by Crippen LogP contribution is -2.27. The number of carbonyl (C=O) groups excluding carboxylic acids is 1. The monoisotopic (exact) mass is 465 g/mol. The Bertz CT molecular complexity index is 1050. The normalized spacial score (nSPS) is 15.5. The zero-order chi connectivity index (χ0) is 22.6. The predicted octanol–water partition coefficient (Wildman–Crippen LogP) is 6.07. The maximum atomic E-state index is 13.0. The van der Waals surface area contributed by atoms with Gasteiger partial charge in [0.15, 0.2) is 15.8 Å². The van der Waals surface area contributed by atoms with E-state index in [0.29, 0.717) is 35.2 Å². The molecular formula is C22H18F3NO3S2. The first-order valence-corrected chi connectivity index (χ1v) is 10.4. The van der Waals surface area contributed by atoms with Crippen molar-refractivity contribution in [3.05, 3.63) is 71.2 Å². The SMILES string of the molecule is C=CCOc1ccc(/C=C2/SC(=S)N(c3cccc(C(F)(F)F)c3)C2=O)cc1OCC. The molecule has 1 aliphatic heterocycles. The van der Waals surface area contributed by atoms with Gasteiger partial charge >= 0.3 is 6.18 Å². The van der Waals surface area contributed by atoms with Crippen LogP contribution in [-0.2, 0) is 11.0 Å². The average molecular weight is 466 g/mol. The third kappa shape index (κ3) is 5.29. The van der Waals surface area contributed by atoms with Crippen molar-refractivity contribution in [2.24, 2.45) is 0 Å². The fourth-order valence-electron chi connectivity index (χ4n) is 2.81. The van der Waals surface area contributed by atoms with Gasteiger partial charge in [0.25, 0.3) is 5.91 Å². The van der Waals surface area contributed by atoms with E-state index in [1.54, 1.807) is 30.4 Å². The van der Waals surface area contributed by atoms with Crippen LogP contribution in [-0.4, -0.2) is 23.4 Å². The summed E-state index contributed by atoms with van der Waals surface area (Å²) in [7, 11) is 0. The Kier molecular flexibility index (Phi) is 7.07. The van der Waals surface area contributed by atoms with E-state index in [0.717, 1.165) is 28.8 Å². The molecule has 9 heteroatoms. The third-order valence-corrected chi connectivity index (χ3v) is 5.45. The lowest BCUT2D eigenvalue weighted by Gasteiger charge is -2.16. The fraction of sp³-hybridized carbons (Fsp3) is 0.182. The van der Waals surface area contributed by atoms with E-state index >= 15 is 0 Å². The van der Waals surface area contributed by atoms with Crippen LogP contribution in [0.25, 0.3) is 6.08 Å². The number of rotatable bonds is 7. The summed E-state index contributed by atoms with van der Waals surface area (Å²) in [5.74, 6) is 0.557. The van der Waals surface area contributed by atoms with E-state index < -0.39 is 17.6 Å². The minimum absolute atomic E-state index is 0.0731. The van der Waals surface area contributed by atoms with Crippen LogP contribution in [0.3, 0.4) is 0 Å². The molecule has 0 saturated carbocycles. The molecule has 4 nitrogen and oxygen atoms in total. The number of thiocarbonyl (C=S) groups is 1. The van der Waals surface area contributed by atoms with Crippen molar-refractivity contribution in [3.8, 4) is 11.5 Å². The number of nitrogens with zero attached hydrogens (tertiary/aromatic N) is 1. The topological polar surface area (TPSA) is 38.8 Å². The van der Waals surface area contributed by atoms with Gasteiger partial charge in [-0.25, -0.2) is 0 Å². The van der Waals surface area contributed by atoms with Crippen molar-refractivity contribution >= 4 is 46.0 Å². The minimum Gasteiger partial charge on any atom is -0.490 e. The molecule has 0 aromatic heterocycles. The number of benzene rings is 2. The molecule has 0 radical (unpaired) electrons. The highest BCUT2D eigenvalue weighted by atomic mass is 32.2. The molecule has 2 aromatic carbocycles. The second-order valence-corrected chi connectivity index (χ2v) is 7.98. The zero-order valence-electron chi connectivity index (χ0n) is 16.4. The maximum Gasteiger partial charge on any atom is 0.416 e. The summed E-state index contributed by atoms with van der Waals surface area (Å²) in [6.07, 6.45) is -1.28. The molecule has 1 aliphatic rings. The van der Waals surface area contributed by atoms with Crippen LogP contribution in [0.2, 0.25) is 0 Å². The summed E-state index contributed by atoms with van der Waals surface area (Å²) in [6.45, 7) is 6.18. The number of amides is 1. The van der Waals surface area contributed by atoms with Gasteiger partial charge < -0.3 is 9.47 Å². The molecule has 162 valence electrons. The second-order valence-electron chi connectivity index (χ2n) is 6.30. The van der Waals surface area contributed by atoms with Crippen molar-refractivity contribution in [2.45, 2.75) is 13.1 Å². The van der Waals surface area contributed by atoms with E-state index in [-0.39, 0.29) is 10.0 Å². The van der Waals surface area contributed by atoms with Crippen molar-refractivity contribution in [1.82, 2.24) is 0 Å². The Morgan fingerprint density at radius 2 is 1.94 bits per heavy atom. The van der Waals surface area contributed by atoms with Crippen LogP contribution < -0.4 is 14.4 Å². The van der Waals surface area contributed by atoms with Crippen LogP contribution in [0, 0.1) is 0 Å². The summed E-state index contributed by atoms with van der Waals surface area (Å²) < 4.78 is 50.4. The highest BCUT2D eigenvalue weighted by molar-refractivity contribution is 8.27. The quantitative estimate of drug-likeness (QED) is 0.282. The molecule has 31 heavy (non-hydrogen) atoms. The summed E-state index contributed by atoms with van der Waals surface area (Å²) in [5.41, 5.74) is -0.109. The summed E-state index contributed by atoms with van der Waals surface area (Å²) >= 11 is 6.28. The van der Waals surface area contributed by atoms with Crippen LogP contribution in [0.15, 0.2) is 60.0 Å². The minimum atomic E-state index is -4.52. The van der Waals surface area contributed by atoms with Crippen molar-refractivity contribution in [2.75, 3.05) is 18.1 Å². The molecule has 0 aliphatic carbocycles. The Morgan fingerprint density at radius 3 is 2.61 bits per heavy atom. The van der Waals surface area contributed by atoms with Crippen LogP contribution >= 0.6 is 24.0 Å². The number of anilines is 1. The first-order chi connectivity index (χ1) is 14.7. The van der Waals surface area contributed by atoms with Crippen molar-refractivity contribution in [1.29, 1.82) is 0 Å². The predicted molar refractivity (Wildman–Crippen MR) is 120 cm³/mol. The molecule has 1 heterocycles. The molecule has 0 bridgehead atoms. The number of ether oxygens (including phenoxy) is 2. The highest BCUT2D eigenvalue weighted by Crippen LogP contribution is 2.39. The number of alkyl halides is 3. The molecule has 1 amide bonds. The number of halogens is 3. The molecule has 2 aromatic rings. The lowest BCUT2D eigenvalue weighted by molar-refractivity contribution is -0.137. The van der Waals surface area contributed by atoms with Crippen LogP contribution in [0.1, 0.15) is 18.1 Å². The first-order valence-electron chi connectivity index (χ1n) is 9.20. The lowest BCUT2D eigenvalue weighted by atomic mass is 10.1. The summed E-state index contributed by atoms with van der Waals surface area (Å²) in [5, 5.41) is 0. The molecule has 0 atom stereocenters. The summed E-state index contributed by atoms with van der Waals surface area (Å²) in [4.78, 5) is 14.3. The molecule has 0 unspecified atom stereocenters. The van der Waals surface area contributed by atoms with E-state index in [1.165, 1.54) is 12.1 Å². The molecule has 1 saturated heterocycles. The number of thioether (sulfide) groups is 1. The average Bonchev–Trinajstić information content (AvgIpc) is 3.00. The molecular weight excluding hydrogens is 447 g/mol. The Balaban J connectivity index is 1.90. The Labute approximate surface area is 187 Å². The van der Waals surface area contributed by atoms with Crippen LogP contribution in [0.5, 0.6) is 11.5 Å². The van der Waals surface area contributed by atoms with Crippen LogP contribution in [0.4, 0.5) is 18.9 Å². The standard InChI is InChI=1S/C22H18F3NO3S2/c1-3-10-29-17-9-8-14(11-18(17)28-4-2)12-19-20(27)26(21(30)31-19)16-7-5-6-15(13-16)22(23,24)25/h3,5-9,11-13H,1,4,10H2,2H3/b19-12+. The molecule has 0 N–H and O–H groups in total. The molecule has 0 spiro atoms. The van der Waals surface area contributed by atoms with Gasteiger partial charge in [0.05, 0.1) is 22.8 Å². The van der Waals surface area contributed by atoms with Gasteiger partial charge in [-0.2, -0.15) is 13.2 Å². The summed E-state index contributed by atoms with van der Waals surface area (Å²) in [6, 6.07) is 9.71. The van der Waals surface area contributed by atoms with Gasteiger partial charge in [0.2, 0.25) is 0 Å². The maximum absolute atomic E-state index is 13.0. The molecule has 3 rings (SSSR count). The number of hydrogen-bond donors (Lipinski definition) is 0. The van der Waals surface area contributed by atoms with E-state index in [1.807, 2.05) is 6.92 Å². The number of carbonyl (C=O) groups is 1. The van der Waals surface area contributed by atoms with Crippen molar-refractivity contribution in [3.63, 3.8) is 0 Å². The van der Waals surface area contributed by atoms with Gasteiger partial charge in [0.1, 0.15) is 6.61 Å². The first kappa shape index (κ1) is 22.9. The van der Waals surface area contributed by atoms with Crippen molar-refractivity contribution < 1.29 is 27.4 Å². The van der Waals surface area contributed by atoms with Gasteiger partial charge in [-0.3, -0.25) is 9.69 Å². The van der Waals surface area contributed by atoms with Gasteiger partial charge in [-0.15, -0.1) is 0 Å². The van der Waals surface area contributed by atoms with E-state index in [4.69, 9.17) is 21.7 Å². The largest absolute Gasteiger partial charge is 0.490 e. The molecule has 1 fully saturated rings. The Hall–Kier alpha value is -2.78. The van der Waals surface area contributed by atoms with E-state index in [9.17, 15) is 18.0 Å². The van der Waals surface area contributed by atoms with Gasteiger partial charge in [-0.05, 0) is 48.9 Å². The zero-order valence-corrected chi connectivity index (χ0v) is 18.1. The fourth-order valence-corrected chi connectivity index (χ4v) is 4.11. The van der Waals surface area contributed by atoms with Gasteiger partial charge in [-0.1, -0.05) is 48.8 Å².